The third-order valence-corrected chi connectivity index (χ3v) is 6.08. The Labute approximate surface area is 245 Å². The number of unbranched alkanes of at least 4 members (excludes halogenated alkanes) is 1. The van der Waals surface area contributed by atoms with Gasteiger partial charge in [-0.25, -0.2) is 14.4 Å². The summed E-state index contributed by atoms with van der Waals surface area (Å²) in [6.45, 7) is 0.764. The Morgan fingerprint density at radius 3 is 1.52 bits per heavy atom. The molecule has 0 saturated carbocycles. The monoisotopic (exact) mass is 575 g/mol. The van der Waals surface area contributed by atoms with Crippen molar-refractivity contribution in [3.63, 3.8) is 0 Å². The van der Waals surface area contributed by atoms with Gasteiger partial charge in [0.2, 0.25) is 5.91 Å². The van der Waals surface area contributed by atoms with Crippen molar-refractivity contribution in [2.45, 2.75) is 51.5 Å². The van der Waals surface area contributed by atoms with Crippen LogP contribution in [0.4, 0.5) is 9.59 Å². The van der Waals surface area contributed by atoms with Gasteiger partial charge in [-0.3, -0.25) is 4.79 Å². The molecule has 1 unspecified atom stereocenters. The van der Waals surface area contributed by atoms with Gasteiger partial charge in [-0.05, 0) is 36.0 Å². The number of amides is 3. The molecule has 10 nitrogen and oxygen atoms in total. The highest BCUT2D eigenvalue weighted by Gasteiger charge is 2.22. The second-order valence-electron chi connectivity index (χ2n) is 9.44. The molecule has 3 aromatic rings. The van der Waals surface area contributed by atoms with Crippen molar-refractivity contribution in [2.75, 3.05) is 13.1 Å². The molecule has 3 amide bonds. The number of hydrogen-bond acceptors (Lipinski definition) is 7. The van der Waals surface area contributed by atoms with E-state index in [0.717, 1.165) is 16.7 Å². The van der Waals surface area contributed by atoms with Gasteiger partial charge in [0.05, 0.1) is 0 Å². The summed E-state index contributed by atoms with van der Waals surface area (Å²) < 4.78 is 15.8. The van der Waals surface area contributed by atoms with Crippen LogP contribution >= 0.6 is 0 Å². The van der Waals surface area contributed by atoms with Gasteiger partial charge in [0, 0.05) is 19.5 Å². The first-order valence-corrected chi connectivity index (χ1v) is 13.9. The molecule has 3 rings (SSSR count). The molecule has 0 aliphatic heterocycles. The van der Waals surface area contributed by atoms with Crippen molar-refractivity contribution in [1.82, 2.24) is 16.0 Å². The molecular formula is C32H37N3O7. The number of nitrogens with one attached hydrogen (secondary N) is 3. The van der Waals surface area contributed by atoms with E-state index in [9.17, 15) is 19.2 Å². The van der Waals surface area contributed by atoms with Crippen molar-refractivity contribution in [2.24, 2.45) is 0 Å². The number of ether oxygens (including phenoxy) is 3. The van der Waals surface area contributed by atoms with Crippen LogP contribution in [0.2, 0.25) is 0 Å². The number of alkyl carbamates (subject to hydrolysis) is 2. The molecule has 0 heterocycles. The summed E-state index contributed by atoms with van der Waals surface area (Å²) in [5.41, 5.74) is 2.56. The topological polar surface area (TPSA) is 132 Å². The number of carbonyl (C=O) groups is 4. The lowest BCUT2D eigenvalue weighted by atomic mass is 10.1. The molecule has 0 bridgehead atoms. The van der Waals surface area contributed by atoms with Crippen LogP contribution in [0.25, 0.3) is 0 Å². The first kappa shape index (κ1) is 31.7. The summed E-state index contributed by atoms with van der Waals surface area (Å²) in [6, 6.07) is 27.0. The summed E-state index contributed by atoms with van der Waals surface area (Å²) >= 11 is 0. The van der Waals surface area contributed by atoms with E-state index in [1.165, 1.54) is 0 Å². The van der Waals surface area contributed by atoms with Crippen molar-refractivity contribution >= 4 is 24.1 Å². The maximum absolute atomic E-state index is 12.8. The Bertz CT molecular complexity index is 1240. The molecule has 0 aliphatic rings. The van der Waals surface area contributed by atoms with Crippen LogP contribution < -0.4 is 16.0 Å². The zero-order chi connectivity index (χ0) is 29.8. The fourth-order valence-electron chi connectivity index (χ4n) is 3.84. The van der Waals surface area contributed by atoms with Crippen molar-refractivity contribution in [3.05, 3.63) is 108 Å². The van der Waals surface area contributed by atoms with E-state index in [-0.39, 0.29) is 32.8 Å². The highest BCUT2D eigenvalue weighted by atomic mass is 16.6. The van der Waals surface area contributed by atoms with E-state index >= 15 is 0 Å². The Morgan fingerprint density at radius 2 is 1.02 bits per heavy atom. The predicted molar refractivity (Wildman–Crippen MR) is 156 cm³/mol. The average molecular weight is 576 g/mol. The second-order valence-corrected chi connectivity index (χ2v) is 9.44. The Kier molecular flexibility index (Phi) is 13.9. The smallest absolute Gasteiger partial charge is 0.407 e. The zero-order valence-corrected chi connectivity index (χ0v) is 23.5. The van der Waals surface area contributed by atoms with Crippen LogP contribution in [0.5, 0.6) is 0 Å². The Balaban J connectivity index is 1.38. The number of benzene rings is 3. The lowest BCUT2D eigenvalue weighted by molar-refractivity contribution is -0.149. The number of carbonyl (C=O) groups excluding carboxylic acids is 4. The summed E-state index contributed by atoms with van der Waals surface area (Å²) in [5.74, 6) is -0.972. The van der Waals surface area contributed by atoms with Gasteiger partial charge in [0.15, 0.2) is 0 Å². The average Bonchev–Trinajstić information content (AvgIpc) is 3.02. The van der Waals surface area contributed by atoms with Gasteiger partial charge in [0.25, 0.3) is 0 Å². The summed E-state index contributed by atoms with van der Waals surface area (Å²) in [4.78, 5) is 49.3. The second kappa shape index (κ2) is 18.5. The van der Waals surface area contributed by atoms with Crippen LogP contribution in [0.3, 0.4) is 0 Å². The van der Waals surface area contributed by atoms with E-state index in [4.69, 9.17) is 14.2 Å². The van der Waals surface area contributed by atoms with Gasteiger partial charge < -0.3 is 30.2 Å². The van der Waals surface area contributed by atoms with E-state index in [1.807, 2.05) is 91.0 Å². The molecule has 0 fully saturated rings. The van der Waals surface area contributed by atoms with Gasteiger partial charge in [-0.1, -0.05) is 91.0 Å². The predicted octanol–water partition coefficient (Wildman–Crippen LogP) is 4.63. The Hall–Kier alpha value is -4.86. The third-order valence-electron chi connectivity index (χ3n) is 6.08. The van der Waals surface area contributed by atoms with E-state index < -0.39 is 30.1 Å². The third kappa shape index (κ3) is 13.0. The van der Waals surface area contributed by atoms with Crippen LogP contribution in [-0.4, -0.2) is 43.2 Å². The highest BCUT2D eigenvalue weighted by Crippen LogP contribution is 2.08. The van der Waals surface area contributed by atoms with E-state index in [2.05, 4.69) is 16.0 Å². The molecule has 10 heteroatoms. The Morgan fingerprint density at radius 1 is 0.571 bits per heavy atom. The molecule has 0 aromatic heterocycles. The number of hydrogen-bond donors (Lipinski definition) is 3. The normalized spacial score (nSPS) is 11.0. The lowest BCUT2D eigenvalue weighted by Crippen LogP contribution is -2.43. The number of esters is 1. The molecule has 1 atom stereocenters. The first-order chi connectivity index (χ1) is 20.5. The minimum atomic E-state index is -0.878. The molecule has 3 aromatic carbocycles. The fraction of sp³-hybridized carbons (Fsp3) is 0.312. The van der Waals surface area contributed by atoms with Gasteiger partial charge in [-0.15, -0.1) is 0 Å². The largest absolute Gasteiger partial charge is 0.459 e. The van der Waals surface area contributed by atoms with Gasteiger partial charge >= 0.3 is 18.2 Å². The van der Waals surface area contributed by atoms with Crippen molar-refractivity contribution in [3.8, 4) is 0 Å². The maximum Gasteiger partial charge on any atom is 0.407 e. The molecule has 0 aliphatic carbocycles. The van der Waals surface area contributed by atoms with Crippen LogP contribution in [0, 0.1) is 0 Å². The highest BCUT2D eigenvalue weighted by molar-refractivity contribution is 5.84. The molecular weight excluding hydrogens is 538 g/mol. The summed E-state index contributed by atoms with van der Waals surface area (Å²) in [7, 11) is 0. The van der Waals surface area contributed by atoms with Crippen LogP contribution in [-0.2, 0) is 43.6 Å². The number of rotatable bonds is 16. The summed E-state index contributed by atoms with van der Waals surface area (Å²) in [6.07, 6.45) is 0.202. The quantitative estimate of drug-likeness (QED) is 0.129. The van der Waals surface area contributed by atoms with Crippen molar-refractivity contribution in [1.29, 1.82) is 0 Å². The molecule has 0 radical (unpaired) electrons. The maximum atomic E-state index is 12.8. The zero-order valence-electron chi connectivity index (χ0n) is 23.5. The fourth-order valence-corrected chi connectivity index (χ4v) is 3.84. The van der Waals surface area contributed by atoms with E-state index in [1.54, 1.807) is 0 Å². The minimum absolute atomic E-state index is 0.0419. The first-order valence-electron chi connectivity index (χ1n) is 13.9. The van der Waals surface area contributed by atoms with Crippen molar-refractivity contribution < 1.29 is 33.4 Å². The summed E-state index contributed by atoms with van der Waals surface area (Å²) in [5, 5.41) is 7.92. The molecule has 42 heavy (non-hydrogen) atoms. The van der Waals surface area contributed by atoms with Gasteiger partial charge in [-0.2, -0.15) is 0 Å². The molecule has 0 spiro atoms. The molecule has 3 N–H and O–H groups in total. The van der Waals surface area contributed by atoms with Crippen LogP contribution in [0.15, 0.2) is 91.0 Å². The molecule has 0 saturated heterocycles. The minimum Gasteiger partial charge on any atom is -0.459 e. The lowest BCUT2D eigenvalue weighted by Gasteiger charge is -2.18. The molecule has 222 valence electrons. The SMILES string of the molecule is O=C(CCNC(=O)OCc1ccccc1)NC(CCCCNC(=O)OCc1ccccc1)C(=O)OCc1ccccc1. The van der Waals surface area contributed by atoms with Gasteiger partial charge in [0.1, 0.15) is 25.9 Å². The van der Waals surface area contributed by atoms with E-state index in [0.29, 0.717) is 25.8 Å². The standard InChI is InChI=1S/C32H37N3O7/c36-29(19-21-34-32(39)42-24-27-16-8-3-9-17-27)35-28(30(37)40-22-25-12-4-1-5-13-25)18-10-11-20-33-31(38)41-23-26-14-6-2-7-15-26/h1-9,12-17,28H,10-11,18-24H2,(H,33,38)(H,34,39)(H,35,36). The van der Waals surface area contributed by atoms with Crippen LogP contribution in [0.1, 0.15) is 42.4 Å².